The average molecular weight is 276 g/mol. The lowest BCUT2D eigenvalue weighted by atomic mass is 10.0. The zero-order valence-electron chi connectivity index (χ0n) is 11.1. The number of nitrogens with one attached hydrogen (secondary N) is 2. The molecule has 0 radical (unpaired) electrons. The Labute approximate surface area is 110 Å². The van der Waals surface area contributed by atoms with Crippen LogP contribution in [0, 0.1) is 0 Å². The second-order valence-electron chi connectivity index (χ2n) is 5.65. The number of rotatable bonds is 5. The number of hydrogen-bond donors (Lipinski definition) is 2. The molecule has 2 fully saturated rings. The molecule has 0 aromatic carbocycles. The van der Waals surface area contributed by atoms with Crippen LogP contribution in [0.3, 0.4) is 0 Å². The van der Waals surface area contributed by atoms with E-state index in [-0.39, 0.29) is 11.3 Å². The highest BCUT2D eigenvalue weighted by molar-refractivity contribution is 7.91. The second kappa shape index (κ2) is 5.86. The molecule has 2 N–H and O–H groups in total. The fourth-order valence-corrected chi connectivity index (χ4v) is 4.81. The molecule has 106 valence electrons. The molecule has 0 aromatic rings. The molecule has 2 aliphatic rings. The highest BCUT2D eigenvalue weighted by Crippen LogP contribution is 2.22. The normalized spacial score (nSPS) is 32.7. The maximum atomic E-state index is 11.4. The fraction of sp³-hybridized carbons (Fsp3) is 1.00. The van der Waals surface area contributed by atoms with Gasteiger partial charge in [-0.05, 0) is 39.3 Å². The Kier molecular flexibility index (Phi) is 4.64. The summed E-state index contributed by atoms with van der Waals surface area (Å²) in [6.45, 7) is 5.46. The lowest BCUT2D eigenvalue weighted by Gasteiger charge is -2.26. The summed E-state index contributed by atoms with van der Waals surface area (Å²) in [5, 5.41) is 6.64. The van der Waals surface area contributed by atoms with Crippen LogP contribution in [0.5, 0.6) is 0 Å². The van der Waals surface area contributed by atoms with Gasteiger partial charge < -0.3 is 15.4 Å². The lowest BCUT2D eigenvalue weighted by molar-refractivity contribution is 0.0325. The molecule has 0 aromatic heterocycles. The Bertz CT molecular complexity index is 366. The van der Waals surface area contributed by atoms with Gasteiger partial charge in [0, 0.05) is 12.1 Å². The molecule has 1 unspecified atom stereocenters. The highest BCUT2D eigenvalue weighted by Gasteiger charge is 2.37. The predicted molar refractivity (Wildman–Crippen MR) is 71.5 cm³/mol. The van der Waals surface area contributed by atoms with E-state index < -0.39 is 9.84 Å². The number of hydrogen-bond acceptors (Lipinski definition) is 5. The van der Waals surface area contributed by atoms with E-state index in [0.717, 1.165) is 32.5 Å². The molecular formula is C12H24N2O3S. The molecule has 1 atom stereocenters. The van der Waals surface area contributed by atoms with E-state index >= 15 is 0 Å². The Morgan fingerprint density at radius 3 is 2.72 bits per heavy atom. The van der Waals surface area contributed by atoms with Gasteiger partial charge in [-0.25, -0.2) is 8.42 Å². The van der Waals surface area contributed by atoms with Crippen LogP contribution in [0.1, 0.15) is 26.2 Å². The van der Waals surface area contributed by atoms with Gasteiger partial charge in [0.15, 0.2) is 9.84 Å². The SMILES string of the molecule is CC1(NCCOC2CCNCC2)CCS(=O)(=O)C1. The van der Waals surface area contributed by atoms with Crippen molar-refractivity contribution in [3.63, 3.8) is 0 Å². The van der Waals surface area contributed by atoms with Crippen molar-refractivity contribution in [2.24, 2.45) is 0 Å². The maximum Gasteiger partial charge on any atom is 0.152 e. The third-order valence-corrected chi connectivity index (χ3v) is 5.70. The molecule has 0 aliphatic carbocycles. The molecule has 2 rings (SSSR count). The molecule has 5 nitrogen and oxygen atoms in total. The third-order valence-electron chi connectivity index (χ3n) is 3.80. The van der Waals surface area contributed by atoms with Gasteiger partial charge in [-0.3, -0.25) is 0 Å². The molecule has 0 saturated carbocycles. The molecule has 2 saturated heterocycles. The lowest BCUT2D eigenvalue weighted by Crippen LogP contribution is -2.45. The predicted octanol–water partition coefficient (Wildman–Crippen LogP) is -0.0782. The van der Waals surface area contributed by atoms with Crippen molar-refractivity contribution in [2.45, 2.75) is 37.8 Å². The van der Waals surface area contributed by atoms with E-state index in [2.05, 4.69) is 10.6 Å². The Morgan fingerprint density at radius 1 is 1.39 bits per heavy atom. The molecule has 0 bridgehead atoms. The minimum atomic E-state index is -2.82. The first-order chi connectivity index (χ1) is 8.49. The zero-order valence-corrected chi connectivity index (χ0v) is 11.9. The van der Waals surface area contributed by atoms with Gasteiger partial charge in [0.05, 0.1) is 24.2 Å². The van der Waals surface area contributed by atoms with E-state index in [9.17, 15) is 8.42 Å². The van der Waals surface area contributed by atoms with E-state index in [1.165, 1.54) is 0 Å². The van der Waals surface area contributed by atoms with Crippen molar-refractivity contribution in [2.75, 3.05) is 37.7 Å². The van der Waals surface area contributed by atoms with Crippen LogP contribution in [-0.4, -0.2) is 57.8 Å². The molecular weight excluding hydrogens is 252 g/mol. The molecule has 18 heavy (non-hydrogen) atoms. The van der Waals surface area contributed by atoms with Crippen LogP contribution in [-0.2, 0) is 14.6 Å². The van der Waals surface area contributed by atoms with Gasteiger partial charge in [0.1, 0.15) is 0 Å². The average Bonchev–Trinajstić information content (AvgIpc) is 2.61. The summed E-state index contributed by atoms with van der Waals surface area (Å²) in [7, 11) is -2.82. The Hall–Kier alpha value is -0.170. The van der Waals surface area contributed by atoms with E-state index in [1.807, 2.05) is 6.92 Å². The minimum Gasteiger partial charge on any atom is -0.377 e. The first-order valence-electron chi connectivity index (χ1n) is 6.77. The summed E-state index contributed by atoms with van der Waals surface area (Å²) in [4.78, 5) is 0. The Balaban J connectivity index is 1.63. The number of piperidine rings is 1. The largest absolute Gasteiger partial charge is 0.377 e. The van der Waals surface area contributed by atoms with Crippen LogP contribution in [0.2, 0.25) is 0 Å². The van der Waals surface area contributed by atoms with Crippen molar-refractivity contribution < 1.29 is 13.2 Å². The molecule has 2 heterocycles. The van der Waals surface area contributed by atoms with Crippen LogP contribution >= 0.6 is 0 Å². The van der Waals surface area contributed by atoms with Crippen LogP contribution in [0.25, 0.3) is 0 Å². The number of ether oxygens (including phenoxy) is 1. The van der Waals surface area contributed by atoms with Gasteiger partial charge in [-0.2, -0.15) is 0 Å². The second-order valence-corrected chi connectivity index (χ2v) is 7.83. The molecule has 0 spiro atoms. The van der Waals surface area contributed by atoms with Crippen molar-refractivity contribution in [3.05, 3.63) is 0 Å². The summed E-state index contributed by atoms with van der Waals surface area (Å²) < 4.78 is 28.7. The first-order valence-corrected chi connectivity index (χ1v) is 8.59. The molecule has 2 aliphatic heterocycles. The smallest absolute Gasteiger partial charge is 0.152 e. The summed E-state index contributed by atoms with van der Waals surface area (Å²) >= 11 is 0. The van der Waals surface area contributed by atoms with Gasteiger partial charge in [-0.1, -0.05) is 0 Å². The van der Waals surface area contributed by atoms with Gasteiger partial charge in [0.25, 0.3) is 0 Å². The summed E-state index contributed by atoms with van der Waals surface area (Å²) in [6.07, 6.45) is 3.23. The van der Waals surface area contributed by atoms with Crippen molar-refractivity contribution >= 4 is 9.84 Å². The van der Waals surface area contributed by atoms with Crippen molar-refractivity contribution in [1.82, 2.24) is 10.6 Å². The van der Waals surface area contributed by atoms with Crippen LogP contribution in [0.4, 0.5) is 0 Å². The molecule has 6 heteroatoms. The van der Waals surface area contributed by atoms with Gasteiger partial charge in [0.2, 0.25) is 0 Å². The van der Waals surface area contributed by atoms with E-state index in [4.69, 9.17) is 4.74 Å². The van der Waals surface area contributed by atoms with Gasteiger partial charge >= 0.3 is 0 Å². The van der Waals surface area contributed by atoms with Gasteiger partial charge in [-0.15, -0.1) is 0 Å². The minimum absolute atomic E-state index is 0.254. The van der Waals surface area contributed by atoms with E-state index in [0.29, 0.717) is 24.9 Å². The van der Waals surface area contributed by atoms with Crippen LogP contribution in [0.15, 0.2) is 0 Å². The topological polar surface area (TPSA) is 67.4 Å². The first kappa shape index (κ1) is 14.2. The van der Waals surface area contributed by atoms with Crippen molar-refractivity contribution in [3.8, 4) is 0 Å². The summed E-state index contributed by atoms with van der Waals surface area (Å²) in [5.74, 6) is 0.568. The fourth-order valence-electron chi connectivity index (χ4n) is 2.69. The van der Waals surface area contributed by atoms with Crippen molar-refractivity contribution in [1.29, 1.82) is 0 Å². The maximum absolute atomic E-state index is 11.4. The summed E-state index contributed by atoms with van der Waals surface area (Å²) in [6, 6.07) is 0. The number of sulfone groups is 1. The quantitative estimate of drug-likeness (QED) is 0.688. The summed E-state index contributed by atoms with van der Waals surface area (Å²) in [5.41, 5.74) is -0.254. The van der Waals surface area contributed by atoms with E-state index in [1.54, 1.807) is 0 Å². The highest BCUT2D eigenvalue weighted by atomic mass is 32.2. The zero-order chi connectivity index (χ0) is 13.1. The Morgan fingerprint density at radius 2 is 2.11 bits per heavy atom. The monoisotopic (exact) mass is 276 g/mol. The third kappa shape index (κ3) is 4.19. The molecule has 0 amide bonds. The van der Waals surface area contributed by atoms with Crippen LogP contribution < -0.4 is 10.6 Å². The standard InChI is InChI=1S/C12H24N2O3S/c1-12(4-9-18(15,16)10-12)14-7-8-17-11-2-5-13-6-3-11/h11,13-14H,2-10H2,1H3.